The van der Waals surface area contributed by atoms with Crippen molar-refractivity contribution in [3.8, 4) is 0 Å². The molecule has 10 heteroatoms. The quantitative estimate of drug-likeness (QED) is 0.270. The monoisotopic (exact) mass is 552 g/mol. The van der Waals surface area contributed by atoms with Gasteiger partial charge in [0.2, 0.25) is 0 Å². The predicted molar refractivity (Wildman–Crippen MR) is 151 cm³/mol. The number of para-hydroxylation sites is 2. The summed E-state index contributed by atoms with van der Waals surface area (Å²) in [5.41, 5.74) is 4.59. The molecule has 10 nitrogen and oxygen atoms in total. The van der Waals surface area contributed by atoms with Crippen LogP contribution in [0.5, 0.6) is 0 Å². The average Bonchev–Trinajstić information content (AvgIpc) is 3.45. The van der Waals surface area contributed by atoms with Gasteiger partial charge in [-0.25, -0.2) is 14.5 Å². The molecular formula is C31H28N4O6. The van der Waals surface area contributed by atoms with Crippen molar-refractivity contribution < 1.29 is 29.4 Å². The zero-order chi connectivity index (χ0) is 29.0. The summed E-state index contributed by atoms with van der Waals surface area (Å²) in [6, 6.07) is 18.1. The maximum atomic E-state index is 14.2. The summed E-state index contributed by atoms with van der Waals surface area (Å²) in [5.74, 6) is -2.72. The number of hydrogen-bond donors (Lipinski definition) is 4. The molecule has 0 bridgehead atoms. The van der Waals surface area contributed by atoms with Crippen LogP contribution in [-0.4, -0.2) is 62.1 Å². The molecule has 1 saturated heterocycles. The number of carboxylic acid groups (broad SMARTS) is 1. The number of hydrogen-bond acceptors (Lipinski definition) is 5. The lowest BCUT2D eigenvalue weighted by molar-refractivity contribution is -0.141. The largest absolute Gasteiger partial charge is 0.480 e. The molecule has 1 aromatic heterocycles. The molecule has 41 heavy (non-hydrogen) atoms. The molecule has 0 spiro atoms. The fraction of sp³-hybridized carbons (Fsp3) is 0.226. The summed E-state index contributed by atoms with van der Waals surface area (Å²) in [6.45, 7) is 3.22. The fourth-order valence-electron chi connectivity index (χ4n) is 5.86. The molecule has 4 atom stereocenters. The number of carbonyl (C=O) groups is 4. The predicted octanol–water partition coefficient (Wildman–Crippen LogP) is 3.52. The third-order valence-corrected chi connectivity index (χ3v) is 7.87. The topological polar surface area (TPSA) is 143 Å². The van der Waals surface area contributed by atoms with Gasteiger partial charge in [-0.2, -0.15) is 0 Å². The minimum atomic E-state index is -1.57. The van der Waals surface area contributed by atoms with Gasteiger partial charge in [0.15, 0.2) is 6.04 Å². The molecule has 6 rings (SSSR count). The number of aromatic nitrogens is 1. The Morgan fingerprint density at radius 1 is 1.00 bits per heavy atom. The molecule has 3 heterocycles. The van der Waals surface area contributed by atoms with Crippen molar-refractivity contribution in [3.05, 3.63) is 101 Å². The van der Waals surface area contributed by atoms with Crippen LogP contribution in [0.1, 0.15) is 45.7 Å². The Hall–Kier alpha value is -4.96. The van der Waals surface area contributed by atoms with E-state index >= 15 is 0 Å². The van der Waals surface area contributed by atoms with Gasteiger partial charge in [0.1, 0.15) is 12.1 Å². The number of benzene rings is 3. The minimum Gasteiger partial charge on any atom is -0.480 e. The number of aryl methyl sites for hydroxylation is 1. The lowest BCUT2D eigenvalue weighted by atomic mass is 9.88. The SMILES string of the molecule is Cc1ccc([C@H]2c3[nH]c4ccccc4c3C[C@H]3C(=O)N(c4ccccc4C(=O)N[C@@H](C(=O)O)[C@H](C)O)C(=O)N23)cc1. The number of fused-ring (bicyclic) bond motifs is 4. The van der Waals surface area contributed by atoms with E-state index in [9.17, 15) is 29.4 Å². The summed E-state index contributed by atoms with van der Waals surface area (Å²) in [6.07, 6.45) is -1.08. The number of nitrogens with zero attached hydrogens (tertiary/aromatic N) is 2. The Labute approximate surface area is 235 Å². The van der Waals surface area contributed by atoms with Crippen molar-refractivity contribution in [1.82, 2.24) is 15.2 Å². The molecule has 4 aromatic rings. The van der Waals surface area contributed by atoms with Gasteiger partial charge in [-0.3, -0.25) is 14.5 Å². The number of aromatic amines is 1. The van der Waals surface area contributed by atoms with E-state index in [0.717, 1.165) is 38.2 Å². The van der Waals surface area contributed by atoms with E-state index in [2.05, 4.69) is 10.3 Å². The third-order valence-electron chi connectivity index (χ3n) is 7.87. The van der Waals surface area contributed by atoms with Crippen molar-refractivity contribution in [3.63, 3.8) is 0 Å². The molecule has 4 N–H and O–H groups in total. The average molecular weight is 553 g/mol. The maximum Gasteiger partial charge on any atom is 0.332 e. The highest BCUT2D eigenvalue weighted by atomic mass is 16.4. The molecule has 2 aliphatic rings. The van der Waals surface area contributed by atoms with E-state index in [1.54, 1.807) is 17.0 Å². The van der Waals surface area contributed by atoms with Gasteiger partial charge < -0.3 is 20.5 Å². The van der Waals surface area contributed by atoms with Crippen LogP contribution in [0.15, 0.2) is 72.8 Å². The highest BCUT2D eigenvalue weighted by Gasteiger charge is 2.53. The number of aliphatic hydroxyl groups is 1. The van der Waals surface area contributed by atoms with Crippen molar-refractivity contribution in [1.29, 1.82) is 0 Å². The Morgan fingerprint density at radius 3 is 2.39 bits per heavy atom. The number of amides is 4. The van der Waals surface area contributed by atoms with Gasteiger partial charge >= 0.3 is 12.0 Å². The molecule has 4 amide bonds. The van der Waals surface area contributed by atoms with Crippen LogP contribution >= 0.6 is 0 Å². The number of carbonyl (C=O) groups excluding carboxylic acids is 3. The van der Waals surface area contributed by atoms with E-state index in [0.29, 0.717) is 6.42 Å². The number of aliphatic hydroxyl groups excluding tert-OH is 1. The summed E-state index contributed by atoms with van der Waals surface area (Å²) < 4.78 is 0. The van der Waals surface area contributed by atoms with E-state index in [4.69, 9.17) is 0 Å². The van der Waals surface area contributed by atoms with Crippen LogP contribution in [0.3, 0.4) is 0 Å². The molecule has 0 aliphatic carbocycles. The number of imide groups is 1. The number of aliphatic carboxylic acids is 1. The number of H-pyrrole nitrogens is 1. The van der Waals surface area contributed by atoms with Crippen LogP contribution in [0, 0.1) is 6.92 Å². The number of rotatable bonds is 6. The van der Waals surface area contributed by atoms with E-state index in [1.165, 1.54) is 19.1 Å². The standard InChI is InChI=1S/C31H28N4O6/c1-16-11-13-18(14-12-16)27-26-21(19-7-3-5-9-22(19)32-26)15-24-29(38)35(31(41)34(24)27)23-10-6-4-8-20(23)28(37)33-25(17(2)36)30(39)40/h3-14,17,24-25,27,32,36H,15H2,1-2H3,(H,33,37)(H,39,40)/t17-,24-,25+,27-/m0/s1. The lowest BCUT2D eigenvalue weighted by Crippen LogP contribution is -2.48. The summed E-state index contributed by atoms with van der Waals surface area (Å²) in [7, 11) is 0. The van der Waals surface area contributed by atoms with Gasteiger partial charge in [-0.05, 0) is 43.2 Å². The first kappa shape index (κ1) is 26.3. The van der Waals surface area contributed by atoms with Crippen molar-refractivity contribution in [2.24, 2.45) is 0 Å². The molecule has 2 aliphatic heterocycles. The number of nitrogens with one attached hydrogen (secondary N) is 2. The van der Waals surface area contributed by atoms with E-state index in [-0.39, 0.29) is 11.3 Å². The van der Waals surface area contributed by atoms with Gasteiger partial charge in [-0.1, -0.05) is 60.2 Å². The molecule has 0 saturated carbocycles. The summed E-state index contributed by atoms with van der Waals surface area (Å²) in [4.78, 5) is 59.1. The second kappa shape index (κ2) is 9.90. The number of anilines is 1. The summed E-state index contributed by atoms with van der Waals surface area (Å²) >= 11 is 0. The Balaban J connectivity index is 1.44. The van der Waals surface area contributed by atoms with E-state index < -0.39 is 48.0 Å². The third kappa shape index (κ3) is 4.23. The van der Waals surface area contributed by atoms with Crippen molar-refractivity contribution in [2.45, 2.75) is 44.5 Å². The van der Waals surface area contributed by atoms with Crippen LogP contribution in [0.25, 0.3) is 10.9 Å². The van der Waals surface area contributed by atoms with Crippen LogP contribution in [0.4, 0.5) is 10.5 Å². The lowest BCUT2D eigenvalue weighted by Gasteiger charge is -2.36. The summed E-state index contributed by atoms with van der Waals surface area (Å²) in [5, 5.41) is 22.6. The Morgan fingerprint density at radius 2 is 1.68 bits per heavy atom. The first-order chi connectivity index (χ1) is 19.7. The first-order valence-electron chi connectivity index (χ1n) is 13.3. The van der Waals surface area contributed by atoms with E-state index in [1.807, 2.05) is 55.5 Å². The highest BCUT2D eigenvalue weighted by molar-refractivity contribution is 6.24. The van der Waals surface area contributed by atoms with Gasteiger partial charge in [0.25, 0.3) is 11.8 Å². The second-order valence-electron chi connectivity index (χ2n) is 10.5. The molecule has 1 fully saturated rings. The van der Waals surface area contributed by atoms with Gasteiger partial charge in [0.05, 0.1) is 17.4 Å². The number of carboxylic acids is 1. The molecule has 208 valence electrons. The first-order valence-corrected chi connectivity index (χ1v) is 13.3. The smallest absolute Gasteiger partial charge is 0.332 e. The zero-order valence-electron chi connectivity index (χ0n) is 22.4. The molecule has 3 aromatic carbocycles. The van der Waals surface area contributed by atoms with Crippen molar-refractivity contribution in [2.75, 3.05) is 4.90 Å². The Kier molecular flexibility index (Phi) is 6.34. The normalized spacial score (nSPS) is 19.6. The highest BCUT2D eigenvalue weighted by Crippen LogP contribution is 2.45. The van der Waals surface area contributed by atoms with Crippen LogP contribution in [-0.2, 0) is 16.0 Å². The number of urea groups is 1. The Bertz CT molecular complexity index is 1710. The van der Waals surface area contributed by atoms with Crippen LogP contribution in [0.2, 0.25) is 0 Å². The van der Waals surface area contributed by atoms with Gasteiger partial charge in [0, 0.05) is 23.0 Å². The van der Waals surface area contributed by atoms with Crippen LogP contribution < -0.4 is 10.2 Å². The molecule has 0 radical (unpaired) electrons. The fourth-order valence-corrected chi connectivity index (χ4v) is 5.86. The minimum absolute atomic E-state index is 0.0420. The molecular weight excluding hydrogens is 524 g/mol. The van der Waals surface area contributed by atoms with Crippen molar-refractivity contribution >= 4 is 40.4 Å². The second-order valence-corrected chi connectivity index (χ2v) is 10.5. The van der Waals surface area contributed by atoms with Gasteiger partial charge in [-0.15, -0.1) is 0 Å². The zero-order valence-corrected chi connectivity index (χ0v) is 22.4. The molecule has 0 unspecified atom stereocenters. The maximum absolute atomic E-state index is 14.2.